The summed E-state index contributed by atoms with van der Waals surface area (Å²) in [6, 6.07) is 0. The van der Waals surface area contributed by atoms with Gasteiger partial charge in [-0.1, -0.05) is 53.9 Å². The summed E-state index contributed by atoms with van der Waals surface area (Å²) in [7, 11) is 0. The summed E-state index contributed by atoms with van der Waals surface area (Å²) < 4.78 is 0. The van der Waals surface area contributed by atoms with Gasteiger partial charge in [0.15, 0.2) is 0 Å². The predicted molar refractivity (Wildman–Crippen MR) is 78.7 cm³/mol. The molecule has 0 spiro atoms. The molecule has 108 valence electrons. The maximum atomic E-state index is 10.1. The number of carbonyl (C=O) groups excluding carboxylic acids is 2. The van der Waals surface area contributed by atoms with Crippen LogP contribution in [0, 0.1) is 17.8 Å². The van der Waals surface area contributed by atoms with E-state index in [-0.39, 0.29) is 0 Å². The van der Waals surface area contributed by atoms with E-state index in [1.807, 2.05) is 13.8 Å². The Bertz CT molecular complexity index is 184. The van der Waals surface area contributed by atoms with Crippen molar-refractivity contribution in [2.75, 3.05) is 0 Å². The van der Waals surface area contributed by atoms with E-state index in [0.29, 0.717) is 11.8 Å². The van der Waals surface area contributed by atoms with Crippen LogP contribution in [0.15, 0.2) is 0 Å². The molecule has 1 unspecified atom stereocenters. The van der Waals surface area contributed by atoms with Crippen LogP contribution in [0.1, 0.15) is 73.1 Å². The van der Waals surface area contributed by atoms with Gasteiger partial charge in [-0.2, -0.15) is 0 Å². The maximum Gasteiger partial charge on any atom is 0.123 e. The van der Waals surface area contributed by atoms with E-state index >= 15 is 0 Å². The van der Waals surface area contributed by atoms with Crippen molar-refractivity contribution in [3.05, 3.63) is 0 Å². The minimum absolute atomic E-state index is 0.306. The van der Waals surface area contributed by atoms with Gasteiger partial charge >= 0.3 is 0 Å². The number of hydrogen-bond donors (Lipinski definition) is 0. The smallest absolute Gasteiger partial charge is 0.123 e. The Morgan fingerprint density at radius 3 is 1.78 bits per heavy atom. The summed E-state index contributed by atoms with van der Waals surface area (Å²) >= 11 is 0. The minimum Gasteiger partial charge on any atom is -0.303 e. The van der Waals surface area contributed by atoms with E-state index in [4.69, 9.17) is 0 Å². The Hall–Kier alpha value is -0.660. The molecule has 0 rings (SSSR count). The summed E-state index contributed by atoms with van der Waals surface area (Å²) in [5, 5.41) is 0. The lowest BCUT2D eigenvalue weighted by Crippen LogP contribution is -1.96. The summed E-state index contributed by atoms with van der Waals surface area (Å²) in [6.45, 7) is 10.7. The van der Waals surface area contributed by atoms with Gasteiger partial charge in [0, 0.05) is 12.3 Å². The van der Waals surface area contributed by atoms with Crippen LogP contribution in [0.5, 0.6) is 0 Å². The quantitative estimate of drug-likeness (QED) is 0.562. The molecule has 0 heterocycles. The highest BCUT2D eigenvalue weighted by Crippen LogP contribution is 2.13. The van der Waals surface area contributed by atoms with Crippen molar-refractivity contribution in [2.24, 2.45) is 17.8 Å². The molecule has 0 aromatic heterocycles. The van der Waals surface area contributed by atoms with Gasteiger partial charge in [0.05, 0.1) is 0 Å². The largest absolute Gasteiger partial charge is 0.303 e. The second-order valence-corrected chi connectivity index (χ2v) is 5.54. The molecule has 0 aromatic carbocycles. The van der Waals surface area contributed by atoms with Crippen LogP contribution in [0.2, 0.25) is 0 Å². The molecule has 0 bridgehead atoms. The topological polar surface area (TPSA) is 34.1 Å². The molecule has 0 aliphatic carbocycles. The van der Waals surface area contributed by atoms with Crippen molar-refractivity contribution in [1.29, 1.82) is 0 Å². The molecule has 0 N–H and O–H groups in total. The Labute approximate surface area is 114 Å². The molecule has 0 aliphatic rings. The van der Waals surface area contributed by atoms with Crippen LogP contribution in [0.25, 0.3) is 0 Å². The summed E-state index contributed by atoms with van der Waals surface area (Å²) in [5.74, 6) is 1.70. The fourth-order valence-corrected chi connectivity index (χ4v) is 1.64. The van der Waals surface area contributed by atoms with Gasteiger partial charge in [0.2, 0.25) is 0 Å². The molecule has 2 heteroatoms. The molecular formula is C16H32O2. The van der Waals surface area contributed by atoms with Crippen molar-refractivity contribution in [1.82, 2.24) is 0 Å². The van der Waals surface area contributed by atoms with Crippen LogP contribution in [0.3, 0.4) is 0 Å². The third-order valence-corrected chi connectivity index (χ3v) is 3.22. The van der Waals surface area contributed by atoms with Gasteiger partial charge in [-0.25, -0.2) is 0 Å². The molecular weight excluding hydrogens is 224 g/mol. The van der Waals surface area contributed by atoms with Crippen molar-refractivity contribution < 1.29 is 9.59 Å². The lowest BCUT2D eigenvalue weighted by Gasteiger charge is -2.08. The SMILES string of the molecule is CC(C)CCCC(C)CC=O.CCC(C=O)CC. The van der Waals surface area contributed by atoms with E-state index in [9.17, 15) is 9.59 Å². The highest BCUT2D eigenvalue weighted by Gasteiger charge is 2.01. The average molecular weight is 256 g/mol. The molecule has 0 saturated heterocycles. The number of hydrogen-bond acceptors (Lipinski definition) is 2. The first-order valence-electron chi connectivity index (χ1n) is 7.40. The zero-order chi connectivity index (χ0) is 14.4. The van der Waals surface area contributed by atoms with Gasteiger partial charge in [0.25, 0.3) is 0 Å². The van der Waals surface area contributed by atoms with Gasteiger partial charge in [0.1, 0.15) is 12.6 Å². The second-order valence-electron chi connectivity index (χ2n) is 5.54. The van der Waals surface area contributed by atoms with Gasteiger partial charge in [-0.05, 0) is 24.7 Å². The van der Waals surface area contributed by atoms with Crippen LogP contribution < -0.4 is 0 Å². The highest BCUT2D eigenvalue weighted by molar-refractivity contribution is 5.52. The molecule has 1 atom stereocenters. The monoisotopic (exact) mass is 256 g/mol. The molecule has 0 amide bonds. The number of aldehydes is 2. The Morgan fingerprint density at radius 1 is 0.944 bits per heavy atom. The van der Waals surface area contributed by atoms with Gasteiger partial charge < -0.3 is 9.59 Å². The molecule has 2 nitrogen and oxygen atoms in total. The van der Waals surface area contributed by atoms with Crippen molar-refractivity contribution in [3.63, 3.8) is 0 Å². The van der Waals surface area contributed by atoms with Gasteiger partial charge in [-0.3, -0.25) is 0 Å². The van der Waals surface area contributed by atoms with E-state index in [0.717, 1.165) is 37.8 Å². The maximum absolute atomic E-state index is 10.1. The zero-order valence-corrected chi connectivity index (χ0v) is 12.9. The highest BCUT2D eigenvalue weighted by atomic mass is 16.1. The Balaban J connectivity index is 0. The third-order valence-electron chi connectivity index (χ3n) is 3.22. The standard InChI is InChI=1S/C10H20O.C6H12O/c1-9(2)5-4-6-10(3)7-8-11;1-3-6(4-2)5-7/h8-10H,4-7H2,1-3H3;5-6H,3-4H2,1-2H3. The normalized spacial score (nSPS) is 11.9. The first-order chi connectivity index (χ1) is 8.51. The fraction of sp³-hybridized carbons (Fsp3) is 0.875. The first-order valence-corrected chi connectivity index (χ1v) is 7.40. The molecule has 0 saturated carbocycles. The third kappa shape index (κ3) is 15.3. The van der Waals surface area contributed by atoms with Crippen LogP contribution >= 0.6 is 0 Å². The van der Waals surface area contributed by atoms with Crippen LogP contribution in [0.4, 0.5) is 0 Å². The fourth-order valence-electron chi connectivity index (χ4n) is 1.64. The average Bonchev–Trinajstić information content (AvgIpc) is 2.32. The lowest BCUT2D eigenvalue weighted by molar-refractivity contribution is -0.111. The molecule has 0 aromatic rings. The minimum atomic E-state index is 0.306. The summed E-state index contributed by atoms with van der Waals surface area (Å²) in [6.07, 6.45) is 8.53. The summed E-state index contributed by atoms with van der Waals surface area (Å²) in [5.41, 5.74) is 0. The summed E-state index contributed by atoms with van der Waals surface area (Å²) in [4.78, 5) is 20.1. The second kappa shape index (κ2) is 14.4. The first kappa shape index (κ1) is 19.7. The van der Waals surface area contributed by atoms with E-state index < -0.39 is 0 Å². The van der Waals surface area contributed by atoms with Crippen LogP contribution in [-0.2, 0) is 9.59 Å². The molecule has 0 fully saturated rings. The predicted octanol–water partition coefficient (Wildman–Crippen LogP) is 4.66. The Kier molecular flexibility index (Phi) is 15.7. The number of rotatable bonds is 9. The number of carbonyl (C=O) groups is 2. The van der Waals surface area contributed by atoms with Crippen molar-refractivity contribution >= 4 is 12.6 Å². The van der Waals surface area contributed by atoms with Crippen molar-refractivity contribution in [2.45, 2.75) is 73.1 Å². The zero-order valence-electron chi connectivity index (χ0n) is 12.9. The van der Waals surface area contributed by atoms with E-state index in [1.54, 1.807) is 0 Å². The van der Waals surface area contributed by atoms with Crippen LogP contribution in [-0.4, -0.2) is 12.6 Å². The van der Waals surface area contributed by atoms with Gasteiger partial charge in [-0.15, -0.1) is 0 Å². The molecule has 0 radical (unpaired) electrons. The lowest BCUT2D eigenvalue weighted by atomic mass is 9.98. The van der Waals surface area contributed by atoms with Crippen molar-refractivity contribution in [3.8, 4) is 0 Å². The van der Waals surface area contributed by atoms with E-state index in [2.05, 4.69) is 20.8 Å². The molecule has 18 heavy (non-hydrogen) atoms. The Morgan fingerprint density at radius 2 is 1.50 bits per heavy atom. The van der Waals surface area contributed by atoms with E-state index in [1.165, 1.54) is 19.3 Å². The molecule has 0 aliphatic heterocycles.